The molecule has 88 valence electrons. The van der Waals surface area contributed by atoms with Crippen LogP contribution < -0.4 is 10.6 Å². The molecule has 0 radical (unpaired) electrons. The lowest BCUT2D eigenvalue weighted by Gasteiger charge is -2.19. The largest absolute Gasteiger partial charge is 0.384 e. The molecule has 0 spiro atoms. The maximum atomic E-state index is 12.0. The Kier molecular flexibility index (Phi) is 2.81. The predicted molar refractivity (Wildman–Crippen MR) is 69.0 cm³/mol. The standard InChI is InChI=1S/C14H16N2O/c1-4-14(2,3)16-13(17)11-6-5-10-7-8-15-12(10)9-11/h1,5-6,9,15H,7-8H2,2-3H3,(H,16,17). The van der Waals surface area contributed by atoms with E-state index in [0.29, 0.717) is 5.56 Å². The van der Waals surface area contributed by atoms with Crippen molar-refractivity contribution in [2.75, 3.05) is 11.9 Å². The first-order chi connectivity index (χ1) is 8.02. The number of carbonyl (C=O) groups is 1. The molecular weight excluding hydrogens is 212 g/mol. The highest BCUT2D eigenvalue weighted by atomic mass is 16.1. The number of terminal acetylenes is 1. The summed E-state index contributed by atoms with van der Waals surface area (Å²) in [5.74, 6) is 2.41. The molecule has 2 rings (SSSR count). The topological polar surface area (TPSA) is 41.1 Å². The van der Waals surface area contributed by atoms with Gasteiger partial charge >= 0.3 is 0 Å². The van der Waals surface area contributed by atoms with Gasteiger partial charge in [0.2, 0.25) is 0 Å². The molecule has 1 amide bonds. The number of hydrogen-bond donors (Lipinski definition) is 2. The van der Waals surface area contributed by atoms with Crippen molar-refractivity contribution >= 4 is 11.6 Å². The fraction of sp³-hybridized carbons (Fsp3) is 0.357. The van der Waals surface area contributed by atoms with Crippen molar-refractivity contribution in [3.05, 3.63) is 29.3 Å². The van der Waals surface area contributed by atoms with Gasteiger partial charge in [-0.05, 0) is 38.0 Å². The summed E-state index contributed by atoms with van der Waals surface area (Å²) in [4.78, 5) is 12.0. The molecule has 0 aromatic heterocycles. The molecular formula is C14H16N2O. The molecule has 1 aliphatic heterocycles. The summed E-state index contributed by atoms with van der Waals surface area (Å²) in [5, 5.41) is 6.06. The fourth-order valence-electron chi connectivity index (χ4n) is 1.82. The molecule has 1 aromatic rings. The van der Waals surface area contributed by atoms with Crippen molar-refractivity contribution in [2.24, 2.45) is 0 Å². The van der Waals surface area contributed by atoms with Crippen LogP contribution in [-0.2, 0) is 6.42 Å². The van der Waals surface area contributed by atoms with Crippen LogP contribution >= 0.6 is 0 Å². The zero-order valence-electron chi connectivity index (χ0n) is 10.1. The zero-order chi connectivity index (χ0) is 12.5. The summed E-state index contributed by atoms with van der Waals surface area (Å²) in [6.45, 7) is 4.54. The Hall–Kier alpha value is -1.95. The van der Waals surface area contributed by atoms with E-state index >= 15 is 0 Å². The predicted octanol–water partition coefficient (Wildman–Crippen LogP) is 1.80. The van der Waals surface area contributed by atoms with E-state index in [9.17, 15) is 4.79 Å². The van der Waals surface area contributed by atoms with E-state index in [-0.39, 0.29) is 5.91 Å². The van der Waals surface area contributed by atoms with Crippen LogP contribution in [0.4, 0.5) is 5.69 Å². The van der Waals surface area contributed by atoms with Gasteiger partial charge in [-0.15, -0.1) is 6.42 Å². The lowest BCUT2D eigenvalue weighted by molar-refractivity contribution is 0.0930. The van der Waals surface area contributed by atoms with E-state index < -0.39 is 5.54 Å². The van der Waals surface area contributed by atoms with Gasteiger partial charge in [-0.3, -0.25) is 4.79 Å². The molecule has 3 heteroatoms. The second kappa shape index (κ2) is 4.14. The summed E-state index contributed by atoms with van der Waals surface area (Å²) < 4.78 is 0. The van der Waals surface area contributed by atoms with Gasteiger partial charge in [-0.25, -0.2) is 0 Å². The van der Waals surface area contributed by atoms with E-state index in [0.717, 1.165) is 18.7 Å². The van der Waals surface area contributed by atoms with Crippen LogP contribution in [-0.4, -0.2) is 18.0 Å². The van der Waals surface area contributed by atoms with Gasteiger partial charge < -0.3 is 10.6 Å². The van der Waals surface area contributed by atoms with Crippen LogP contribution in [0.2, 0.25) is 0 Å². The summed E-state index contributed by atoms with van der Waals surface area (Å²) in [7, 11) is 0. The molecule has 2 N–H and O–H groups in total. The third kappa shape index (κ3) is 2.42. The van der Waals surface area contributed by atoms with Crippen molar-refractivity contribution in [2.45, 2.75) is 25.8 Å². The third-order valence-corrected chi connectivity index (χ3v) is 2.87. The number of hydrogen-bond acceptors (Lipinski definition) is 2. The molecule has 1 heterocycles. The number of anilines is 1. The average molecular weight is 228 g/mol. The second-order valence-corrected chi connectivity index (χ2v) is 4.77. The Morgan fingerprint density at radius 1 is 1.53 bits per heavy atom. The van der Waals surface area contributed by atoms with Crippen molar-refractivity contribution in [1.29, 1.82) is 0 Å². The first-order valence-electron chi connectivity index (χ1n) is 5.69. The highest BCUT2D eigenvalue weighted by molar-refractivity contribution is 5.96. The lowest BCUT2D eigenvalue weighted by Crippen LogP contribution is -2.42. The highest BCUT2D eigenvalue weighted by Gasteiger charge is 2.19. The van der Waals surface area contributed by atoms with E-state index in [4.69, 9.17) is 6.42 Å². The van der Waals surface area contributed by atoms with Gasteiger partial charge in [0.1, 0.15) is 0 Å². The number of carbonyl (C=O) groups excluding carboxylic acids is 1. The highest BCUT2D eigenvalue weighted by Crippen LogP contribution is 2.23. The lowest BCUT2D eigenvalue weighted by atomic mass is 10.0. The minimum absolute atomic E-state index is 0.135. The maximum Gasteiger partial charge on any atom is 0.252 e. The van der Waals surface area contributed by atoms with E-state index in [1.54, 1.807) is 13.8 Å². The van der Waals surface area contributed by atoms with Crippen LogP contribution in [0.5, 0.6) is 0 Å². The van der Waals surface area contributed by atoms with Crippen LogP contribution in [0.15, 0.2) is 18.2 Å². The SMILES string of the molecule is C#CC(C)(C)NC(=O)c1ccc2c(c1)NCC2. The minimum atomic E-state index is -0.622. The van der Waals surface area contributed by atoms with Gasteiger partial charge in [0.05, 0.1) is 5.54 Å². The summed E-state index contributed by atoms with van der Waals surface area (Å²) in [5.41, 5.74) is 2.33. The molecule has 0 atom stereocenters. The quantitative estimate of drug-likeness (QED) is 0.758. The Morgan fingerprint density at radius 2 is 2.29 bits per heavy atom. The normalized spacial score (nSPS) is 13.5. The minimum Gasteiger partial charge on any atom is -0.384 e. The number of fused-ring (bicyclic) bond motifs is 1. The van der Waals surface area contributed by atoms with E-state index in [2.05, 4.69) is 16.6 Å². The van der Waals surface area contributed by atoms with Crippen molar-refractivity contribution in [1.82, 2.24) is 5.32 Å². The molecule has 3 nitrogen and oxygen atoms in total. The van der Waals surface area contributed by atoms with Crippen LogP contribution in [0.3, 0.4) is 0 Å². The molecule has 1 aromatic carbocycles. The molecule has 0 unspecified atom stereocenters. The molecule has 17 heavy (non-hydrogen) atoms. The van der Waals surface area contributed by atoms with Gasteiger partial charge in [0.15, 0.2) is 0 Å². The second-order valence-electron chi connectivity index (χ2n) is 4.77. The summed E-state index contributed by atoms with van der Waals surface area (Å²) in [6, 6.07) is 5.71. The number of rotatable bonds is 2. The van der Waals surface area contributed by atoms with Gasteiger partial charge in [-0.1, -0.05) is 12.0 Å². The smallest absolute Gasteiger partial charge is 0.252 e. The van der Waals surface area contributed by atoms with Crippen LogP contribution in [0.25, 0.3) is 0 Å². The molecule has 0 saturated carbocycles. The fourth-order valence-corrected chi connectivity index (χ4v) is 1.82. The van der Waals surface area contributed by atoms with Crippen molar-refractivity contribution < 1.29 is 4.79 Å². The number of amides is 1. The summed E-state index contributed by atoms with van der Waals surface area (Å²) >= 11 is 0. The van der Waals surface area contributed by atoms with Crippen LogP contribution in [0.1, 0.15) is 29.8 Å². The average Bonchev–Trinajstić information content (AvgIpc) is 2.75. The number of benzene rings is 1. The molecule has 0 aliphatic carbocycles. The van der Waals surface area contributed by atoms with Gasteiger partial charge in [0.25, 0.3) is 5.91 Å². The van der Waals surface area contributed by atoms with Crippen molar-refractivity contribution in [3.63, 3.8) is 0 Å². The maximum absolute atomic E-state index is 12.0. The third-order valence-electron chi connectivity index (χ3n) is 2.87. The monoisotopic (exact) mass is 228 g/mol. The van der Waals surface area contributed by atoms with Crippen LogP contribution in [0, 0.1) is 12.3 Å². The Labute approximate surface area is 102 Å². The van der Waals surface area contributed by atoms with Crippen molar-refractivity contribution in [3.8, 4) is 12.3 Å². The summed E-state index contributed by atoms with van der Waals surface area (Å²) in [6.07, 6.45) is 6.37. The zero-order valence-corrected chi connectivity index (χ0v) is 10.1. The van der Waals surface area contributed by atoms with Gasteiger partial charge in [0, 0.05) is 17.8 Å². The van der Waals surface area contributed by atoms with E-state index in [1.165, 1.54) is 5.56 Å². The molecule has 0 fully saturated rings. The Balaban J connectivity index is 2.19. The first kappa shape index (κ1) is 11.5. The first-order valence-corrected chi connectivity index (χ1v) is 5.69. The Morgan fingerprint density at radius 3 is 3.00 bits per heavy atom. The molecule has 0 bridgehead atoms. The number of nitrogens with one attached hydrogen (secondary N) is 2. The Bertz CT molecular complexity index is 497. The molecule has 0 saturated heterocycles. The van der Waals surface area contributed by atoms with Gasteiger partial charge in [-0.2, -0.15) is 0 Å². The molecule has 1 aliphatic rings. The van der Waals surface area contributed by atoms with E-state index in [1.807, 2.05) is 18.2 Å².